The van der Waals surface area contributed by atoms with Crippen molar-refractivity contribution < 1.29 is 0 Å². The molecule has 2 aromatic rings. The lowest BCUT2D eigenvalue weighted by atomic mass is 10.5. The number of nitrogens with zero attached hydrogens (tertiary/aromatic N) is 6. The second-order valence-corrected chi connectivity index (χ2v) is 1.57. The number of hydrogen-bond acceptors (Lipinski definition) is 6. The van der Waals surface area contributed by atoms with Crippen LogP contribution in [0.3, 0.4) is 0 Å². The Bertz CT molecular complexity index is 281. The normalized spacial score (nSPS) is 10.0. The minimum Gasteiger partial charge on any atom is -0.136 e. The summed E-state index contributed by atoms with van der Waals surface area (Å²) in [5.74, 6) is 0. The van der Waals surface area contributed by atoms with Gasteiger partial charge < -0.3 is 0 Å². The zero-order valence-corrected chi connectivity index (χ0v) is 4.76. The lowest BCUT2D eigenvalue weighted by Gasteiger charge is -1.85. The average molecular weight is 133 g/mol. The third-order valence-corrected chi connectivity index (χ3v) is 0.972. The Labute approximate surface area is 55.3 Å². The Morgan fingerprint density at radius 2 is 2.20 bits per heavy atom. The number of hydrogen-bond donors (Lipinski definition) is 0. The van der Waals surface area contributed by atoms with E-state index in [0.717, 1.165) is 0 Å². The van der Waals surface area contributed by atoms with Crippen molar-refractivity contribution in [1.82, 2.24) is 30.8 Å². The van der Waals surface area contributed by atoms with Gasteiger partial charge in [0.05, 0.1) is 6.20 Å². The van der Waals surface area contributed by atoms with E-state index in [2.05, 4.69) is 37.0 Å². The van der Waals surface area contributed by atoms with Gasteiger partial charge in [0, 0.05) is 0 Å². The van der Waals surface area contributed by atoms with E-state index in [1.54, 1.807) is 0 Å². The largest absolute Gasteiger partial charge is 0.147 e. The molecule has 0 aromatic carbocycles. The molecule has 10 heavy (non-hydrogen) atoms. The van der Waals surface area contributed by atoms with Crippen molar-refractivity contribution in [2.45, 2.75) is 0 Å². The minimum atomic E-state index is 0.477. The second-order valence-electron chi connectivity index (χ2n) is 1.57. The van der Waals surface area contributed by atoms with E-state index in [-0.39, 0.29) is 0 Å². The Balaban J connectivity index is 2.89. The van der Waals surface area contributed by atoms with Crippen LogP contribution in [-0.2, 0) is 0 Å². The van der Waals surface area contributed by atoms with Crippen molar-refractivity contribution in [2.24, 2.45) is 0 Å². The number of aromatic nitrogens is 6. The van der Waals surface area contributed by atoms with Crippen molar-refractivity contribution in [1.29, 1.82) is 0 Å². The molecule has 0 aliphatic rings. The fraction of sp³-hybridized carbons (Fsp3) is 0. The molecule has 0 atom stereocenters. The molecule has 0 N–H and O–H groups in total. The van der Waals surface area contributed by atoms with Gasteiger partial charge in [-0.05, 0) is 10.4 Å². The van der Waals surface area contributed by atoms with E-state index in [0.29, 0.717) is 11.0 Å². The van der Waals surface area contributed by atoms with Crippen LogP contribution < -0.4 is 0 Å². The van der Waals surface area contributed by atoms with Crippen molar-refractivity contribution in [3.8, 4) is 0 Å². The second kappa shape index (κ2) is 1.90. The van der Waals surface area contributed by atoms with E-state index >= 15 is 0 Å². The molecule has 1 radical (unpaired) electrons. The maximum Gasteiger partial charge on any atom is 0.147 e. The third kappa shape index (κ3) is 0.661. The molecule has 2 aromatic heterocycles. The predicted molar refractivity (Wildman–Crippen MR) is 29.6 cm³/mol. The summed E-state index contributed by atoms with van der Waals surface area (Å²) in [6.07, 6.45) is 3.97. The first-order valence-electron chi connectivity index (χ1n) is 2.52. The smallest absolute Gasteiger partial charge is 0.136 e. The van der Waals surface area contributed by atoms with Gasteiger partial charge in [-0.1, -0.05) is 0 Å². The maximum absolute atomic E-state index is 3.62. The highest BCUT2D eigenvalue weighted by Crippen LogP contribution is 1.96. The summed E-state index contributed by atoms with van der Waals surface area (Å²) in [6.45, 7) is 0. The first kappa shape index (κ1) is 5.10. The van der Waals surface area contributed by atoms with Crippen LogP contribution in [0.15, 0.2) is 6.20 Å². The van der Waals surface area contributed by atoms with Crippen LogP contribution in [0.25, 0.3) is 11.0 Å². The van der Waals surface area contributed by atoms with E-state index < -0.39 is 0 Å². The zero-order chi connectivity index (χ0) is 6.81. The molecule has 0 saturated carbocycles. The molecule has 6 heteroatoms. The summed E-state index contributed by atoms with van der Waals surface area (Å²) in [6, 6.07) is 0. The number of rotatable bonds is 0. The van der Waals surface area contributed by atoms with E-state index in [1.807, 2.05) is 0 Å². The highest BCUT2D eigenvalue weighted by atomic mass is 15.3. The van der Waals surface area contributed by atoms with Gasteiger partial charge in [0.25, 0.3) is 0 Å². The van der Waals surface area contributed by atoms with Gasteiger partial charge in [-0.2, -0.15) is 0 Å². The van der Waals surface area contributed by atoms with Crippen LogP contribution in [0.4, 0.5) is 0 Å². The summed E-state index contributed by atoms with van der Waals surface area (Å²) >= 11 is 0. The summed E-state index contributed by atoms with van der Waals surface area (Å²) in [5.41, 5.74) is 1.02. The van der Waals surface area contributed by atoms with Gasteiger partial charge in [0.1, 0.15) is 17.2 Å². The molecule has 0 aliphatic carbocycles. The molecular weight excluding hydrogens is 132 g/mol. The molecule has 2 rings (SSSR count). The Kier molecular flexibility index (Phi) is 0.970. The molecule has 6 nitrogen and oxygen atoms in total. The van der Waals surface area contributed by atoms with Crippen molar-refractivity contribution in [3.63, 3.8) is 0 Å². The lowest BCUT2D eigenvalue weighted by Crippen LogP contribution is -1.93. The molecule has 0 bridgehead atoms. The monoisotopic (exact) mass is 133 g/mol. The molecule has 0 aliphatic heterocycles. The maximum atomic E-state index is 3.62. The number of fused-ring (bicyclic) bond motifs is 1. The zero-order valence-electron chi connectivity index (χ0n) is 4.76. The Hall–Kier alpha value is -1.72. The molecule has 0 amide bonds. The van der Waals surface area contributed by atoms with Crippen LogP contribution >= 0.6 is 0 Å². The highest BCUT2D eigenvalue weighted by Gasteiger charge is 1.94. The minimum absolute atomic E-state index is 0.477. The summed E-state index contributed by atoms with van der Waals surface area (Å²) in [7, 11) is 0. The molecule has 47 valence electrons. The molecule has 0 saturated heterocycles. The van der Waals surface area contributed by atoms with Gasteiger partial charge >= 0.3 is 0 Å². The van der Waals surface area contributed by atoms with Gasteiger partial charge in [0.15, 0.2) is 0 Å². The molecule has 0 unspecified atom stereocenters. The van der Waals surface area contributed by atoms with Gasteiger partial charge in [-0.15, -0.1) is 20.4 Å². The summed E-state index contributed by atoms with van der Waals surface area (Å²) in [5, 5.41) is 20.8. The van der Waals surface area contributed by atoms with Crippen molar-refractivity contribution in [2.75, 3.05) is 0 Å². The summed E-state index contributed by atoms with van der Waals surface area (Å²) < 4.78 is 0. The van der Waals surface area contributed by atoms with Crippen LogP contribution in [0.1, 0.15) is 0 Å². The molecule has 0 spiro atoms. The van der Waals surface area contributed by atoms with Gasteiger partial charge in [-0.3, -0.25) is 0 Å². The van der Waals surface area contributed by atoms with Gasteiger partial charge in [0.2, 0.25) is 0 Å². The average Bonchev–Trinajstić information content (AvgIpc) is 2.05. The predicted octanol–water partition coefficient (Wildman–Crippen LogP) is -0.990. The molecule has 0 fully saturated rings. The Morgan fingerprint density at radius 1 is 1.20 bits per heavy atom. The van der Waals surface area contributed by atoms with E-state index in [9.17, 15) is 0 Å². The third-order valence-electron chi connectivity index (χ3n) is 0.972. The van der Waals surface area contributed by atoms with Crippen molar-refractivity contribution in [3.05, 3.63) is 12.4 Å². The van der Waals surface area contributed by atoms with Crippen molar-refractivity contribution >= 4 is 11.0 Å². The lowest BCUT2D eigenvalue weighted by molar-refractivity contribution is 0.842. The fourth-order valence-electron chi connectivity index (χ4n) is 0.556. The molecule has 2 heterocycles. The first-order valence-corrected chi connectivity index (χ1v) is 2.52. The summed E-state index contributed by atoms with van der Waals surface area (Å²) in [4.78, 5) is 0. The Morgan fingerprint density at radius 3 is 3.10 bits per heavy atom. The SMILES string of the molecule is [c]1nnnc2cnnnc12. The van der Waals surface area contributed by atoms with Crippen LogP contribution in [0.5, 0.6) is 0 Å². The quantitative estimate of drug-likeness (QED) is 0.459. The molecular formula is C4HN6. The highest BCUT2D eigenvalue weighted by molar-refractivity contribution is 5.68. The van der Waals surface area contributed by atoms with Crippen LogP contribution in [0, 0.1) is 6.20 Å². The van der Waals surface area contributed by atoms with Crippen LogP contribution in [-0.4, -0.2) is 30.8 Å². The standard InChI is InChI=1S/C4HN6/c1-3-4(8-9-5-1)2-6-10-7-3/h1H. The van der Waals surface area contributed by atoms with Crippen LogP contribution in [0.2, 0.25) is 0 Å². The topological polar surface area (TPSA) is 77.3 Å². The van der Waals surface area contributed by atoms with E-state index in [1.165, 1.54) is 6.20 Å². The first-order chi connectivity index (χ1) is 4.97. The fourth-order valence-corrected chi connectivity index (χ4v) is 0.556. The van der Waals surface area contributed by atoms with Gasteiger partial charge in [-0.25, -0.2) is 0 Å². The van der Waals surface area contributed by atoms with E-state index in [4.69, 9.17) is 0 Å².